The predicted molar refractivity (Wildman–Crippen MR) is 94.2 cm³/mol. The van der Waals surface area contributed by atoms with Gasteiger partial charge in [-0.1, -0.05) is 18.7 Å². The second-order valence-electron chi connectivity index (χ2n) is 5.42. The lowest BCUT2D eigenvalue weighted by atomic mass is 10.2. The molecule has 0 spiro atoms. The summed E-state index contributed by atoms with van der Waals surface area (Å²) in [5.74, 6) is 0.133. The number of hydrogen-bond donors (Lipinski definition) is 3. The van der Waals surface area contributed by atoms with E-state index in [9.17, 15) is 18.3 Å². The van der Waals surface area contributed by atoms with Crippen molar-refractivity contribution in [3.05, 3.63) is 75.0 Å². The van der Waals surface area contributed by atoms with Crippen LogP contribution in [-0.4, -0.2) is 23.3 Å². The zero-order chi connectivity index (χ0) is 18.2. The molecule has 0 fully saturated rings. The number of benzene rings is 2. The van der Waals surface area contributed by atoms with Crippen LogP contribution in [0.1, 0.15) is 5.56 Å². The van der Waals surface area contributed by atoms with Gasteiger partial charge in [0.1, 0.15) is 5.75 Å². The van der Waals surface area contributed by atoms with Crippen LogP contribution in [-0.2, 0) is 10.0 Å². The van der Waals surface area contributed by atoms with Crippen molar-refractivity contribution in [2.24, 2.45) is 5.14 Å². The number of aromatic amines is 1. The number of nitrogens with one attached hydrogen (secondary N) is 1. The molecule has 2 aromatic carbocycles. The number of primary sulfonamides is 1. The van der Waals surface area contributed by atoms with Crippen molar-refractivity contribution in [2.75, 3.05) is 0 Å². The first-order chi connectivity index (χ1) is 11.8. The van der Waals surface area contributed by atoms with Gasteiger partial charge in [0.15, 0.2) is 0 Å². The lowest BCUT2D eigenvalue weighted by Gasteiger charge is -2.02. The molecule has 0 unspecified atom stereocenters. The highest BCUT2D eigenvalue weighted by molar-refractivity contribution is 7.89. The van der Waals surface area contributed by atoms with Crippen LogP contribution in [0.2, 0.25) is 0 Å². The molecule has 0 saturated carbocycles. The average Bonchev–Trinajstić information content (AvgIpc) is 2.84. The van der Waals surface area contributed by atoms with Crippen molar-refractivity contribution < 1.29 is 13.5 Å². The summed E-state index contributed by atoms with van der Waals surface area (Å²) >= 11 is 0. The molecule has 1 heterocycles. The molecule has 0 saturated heterocycles. The van der Waals surface area contributed by atoms with E-state index in [0.717, 1.165) is 5.56 Å². The number of nitrogens with two attached hydrogens (primary N) is 1. The van der Waals surface area contributed by atoms with Crippen molar-refractivity contribution in [3.63, 3.8) is 0 Å². The normalized spacial score (nSPS) is 12.4. The van der Waals surface area contributed by atoms with Crippen LogP contribution in [0.4, 0.5) is 0 Å². The number of sulfonamides is 1. The molecule has 0 bridgehead atoms. The molecule has 3 rings (SSSR count). The number of phenolic OH excluding ortho intramolecular Hbond substituents is 1. The maximum atomic E-state index is 12.6. The first-order valence-electron chi connectivity index (χ1n) is 7.20. The summed E-state index contributed by atoms with van der Waals surface area (Å²) in [7, 11) is -3.80. The standard InChI is InChI=1S/C17H15N3O4S/c1-11-16(10-12-2-6-14(21)7-3-12)17(22)20(19-11)13-4-8-15(9-5-13)25(18,23)24/h2-10,19,21H,1H2,(H2,18,23,24)/b16-10+. The van der Waals surface area contributed by atoms with Gasteiger partial charge in [0.05, 0.1) is 21.2 Å². The average molecular weight is 357 g/mol. The highest BCUT2D eigenvalue weighted by Crippen LogP contribution is 2.11. The Morgan fingerprint density at radius 2 is 1.68 bits per heavy atom. The lowest BCUT2D eigenvalue weighted by molar-refractivity contribution is 0.475. The van der Waals surface area contributed by atoms with Gasteiger partial charge in [-0.2, -0.15) is 0 Å². The fourth-order valence-electron chi connectivity index (χ4n) is 2.35. The molecule has 0 atom stereocenters. The molecule has 4 N–H and O–H groups in total. The Kier molecular flexibility index (Phi) is 4.07. The topological polar surface area (TPSA) is 118 Å². The minimum atomic E-state index is -3.80. The van der Waals surface area contributed by atoms with Crippen LogP contribution < -0.4 is 21.3 Å². The van der Waals surface area contributed by atoms with Gasteiger partial charge in [-0.3, -0.25) is 9.89 Å². The van der Waals surface area contributed by atoms with Gasteiger partial charge in [0.2, 0.25) is 10.0 Å². The van der Waals surface area contributed by atoms with Crippen molar-refractivity contribution in [1.29, 1.82) is 0 Å². The van der Waals surface area contributed by atoms with Gasteiger partial charge in [-0.05, 0) is 48.0 Å². The van der Waals surface area contributed by atoms with Crippen LogP contribution in [0.5, 0.6) is 5.75 Å². The highest BCUT2D eigenvalue weighted by Gasteiger charge is 2.09. The SMILES string of the molecule is C=c1[nH]n(-c2ccc(S(N)(=O)=O)cc2)c(=O)/c1=C/c1ccc(O)cc1. The molecule has 0 aliphatic carbocycles. The van der Waals surface area contributed by atoms with E-state index in [1.807, 2.05) is 0 Å². The third-order valence-electron chi connectivity index (χ3n) is 3.63. The van der Waals surface area contributed by atoms with E-state index >= 15 is 0 Å². The number of phenols is 1. The van der Waals surface area contributed by atoms with Crippen LogP contribution in [0.15, 0.2) is 58.2 Å². The number of rotatable bonds is 3. The molecule has 0 amide bonds. The van der Waals surface area contributed by atoms with Crippen LogP contribution in [0.25, 0.3) is 18.3 Å². The molecule has 25 heavy (non-hydrogen) atoms. The Balaban J connectivity index is 2.10. The Morgan fingerprint density at radius 3 is 2.24 bits per heavy atom. The van der Waals surface area contributed by atoms with E-state index in [1.54, 1.807) is 18.2 Å². The predicted octanol–water partition coefficient (Wildman–Crippen LogP) is -0.242. The second kappa shape index (κ2) is 6.08. The molecule has 7 nitrogen and oxygen atoms in total. The second-order valence-corrected chi connectivity index (χ2v) is 6.98. The number of aromatic hydroxyl groups is 1. The molecule has 0 aliphatic heterocycles. The van der Waals surface area contributed by atoms with E-state index in [4.69, 9.17) is 5.14 Å². The zero-order valence-electron chi connectivity index (χ0n) is 13.0. The molecule has 128 valence electrons. The number of nitrogens with zero attached hydrogens (tertiary/aromatic N) is 1. The smallest absolute Gasteiger partial charge is 0.279 e. The number of H-pyrrole nitrogens is 1. The van der Waals surface area contributed by atoms with Gasteiger partial charge in [0.25, 0.3) is 5.56 Å². The molecule has 3 aromatic rings. The van der Waals surface area contributed by atoms with E-state index in [0.29, 0.717) is 16.3 Å². The van der Waals surface area contributed by atoms with E-state index < -0.39 is 10.0 Å². The lowest BCUT2D eigenvalue weighted by Crippen LogP contribution is -2.33. The Morgan fingerprint density at radius 1 is 1.08 bits per heavy atom. The maximum Gasteiger partial charge on any atom is 0.279 e. The van der Waals surface area contributed by atoms with E-state index in [2.05, 4.69) is 11.7 Å². The summed E-state index contributed by atoms with van der Waals surface area (Å²) in [6, 6.07) is 12.0. The quantitative estimate of drug-likeness (QED) is 0.599. The van der Waals surface area contributed by atoms with Crippen LogP contribution in [0, 0.1) is 0 Å². The minimum Gasteiger partial charge on any atom is -0.508 e. The summed E-state index contributed by atoms with van der Waals surface area (Å²) in [5.41, 5.74) is 0.851. The molecule has 8 heteroatoms. The number of hydrogen-bond acceptors (Lipinski definition) is 4. The van der Waals surface area contributed by atoms with Gasteiger partial charge in [-0.25, -0.2) is 18.2 Å². The first-order valence-corrected chi connectivity index (χ1v) is 8.74. The van der Waals surface area contributed by atoms with E-state index in [1.165, 1.54) is 41.1 Å². The zero-order valence-corrected chi connectivity index (χ0v) is 13.8. The van der Waals surface area contributed by atoms with Gasteiger partial charge < -0.3 is 5.11 Å². The molecule has 0 radical (unpaired) electrons. The van der Waals surface area contributed by atoms with Crippen molar-refractivity contribution >= 4 is 22.7 Å². The monoisotopic (exact) mass is 357 g/mol. The fraction of sp³-hybridized carbons (Fsp3) is 0. The van der Waals surface area contributed by atoms with Gasteiger partial charge in [-0.15, -0.1) is 0 Å². The molecule has 1 aromatic heterocycles. The summed E-state index contributed by atoms with van der Waals surface area (Å²) in [6.45, 7) is 3.83. The Bertz CT molecular complexity index is 1190. The Labute approximate surface area is 143 Å². The highest BCUT2D eigenvalue weighted by atomic mass is 32.2. The summed E-state index contributed by atoms with van der Waals surface area (Å²) in [4.78, 5) is 12.6. The summed E-state index contributed by atoms with van der Waals surface area (Å²) in [6.07, 6.45) is 1.65. The molecular formula is C17H15N3O4S. The van der Waals surface area contributed by atoms with Crippen molar-refractivity contribution in [1.82, 2.24) is 9.78 Å². The summed E-state index contributed by atoms with van der Waals surface area (Å²) in [5, 5.41) is 18.0. The third-order valence-corrected chi connectivity index (χ3v) is 4.56. The summed E-state index contributed by atoms with van der Waals surface area (Å²) < 4.78 is 23.9. The molecule has 0 aliphatic rings. The molecular weight excluding hydrogens is 342 g/mol. The van der Waals surface area contributed by atoms with E-state index in [-0.39, 0.29) is 16.2 Å². The first kappa shape index (κ1) is 16.7. The maximum absolute atomic E-state index is 12.6. The fourth-order valence-corrected chi connectivity index (χ4v) is 2.86. The third kappa shape index (κ3) is 3.39. The number of aromatic nitrogens is 2. The van der Waals surface area contributed by atoms with Crippen molar-refractivity contribution in [3.8, 4) is 11.4 Å². The largest absolute Gasteiger partial charge is 0.508 e. The van der Waals surface area contributed by atoms with Crippen LogP contribution in [0.3, 0.4) is 0 Å². The van der Waals surface area contributed by atoms with Gasteiger partial charge in [0, 0.05) is 0 Å². The van der Waals surface area contributed by atoms with Gasteiger partial charge >= 0.3 is 0 Å². The van der Waals surface area contributed by atoms with Crippen LogP contribution >= 0.6 is 0 Å². The van der Waals surface area contributed by atoms with Crippen molar-refractivity contribution in [2.45, 2.75) is 4.90 Å². The Hall–Kier alpha value is -3.10. The minimum absolute atomic E-state index is 0.0402.